The Morgan fingerprint density at radius 1 is 1.05 bits per heavy atom. The highest BCUT2D eigenvalue weighted by molar-refractivity contribution is 5.94. The van der Waals surface area contributed by atoms with Gasteiger partial charge in [-0.3, -0.25) is 4.79 Å². The van der Waals surface area contributed by atoms with Crippen LogP contribution >= 0.6 is 0 Å². The molecule has 0 fully saturated rings. The molecule has 0 unspecified atom stereocenters. The van der Waals surface area contributed by atoms with Gasteiger partial charge in [-0.05, 0) is 24.6 Å². The van der Waals surface area contributed by atoms with Crippen molar-refractivity contribution in [1.29, 1.82) is 0 Å². The van der Waals surface area contributed by atoms with Crippen molar-refractivity contribution >= 4 is 11.6 Å². The Balaban J connectivity index is 2.15. The summed E-state index contributed by atoms with van der Waals surface area (Å²) in [6.45, 7) is 3.02. The highest BCUT2D eigenvalue weighted by Crippen LogP contribution is 2.16. The maximum atomic E-state index is 12.5. The number of rotatable bonds is 5. The number of aryl methyl sites for hydroxylation is 1. The van der Waals surface area contributed by atoms with Gasteiger partial charge in [0.2, 0.25) is 5.91 Å². The van der Waals surface area contributed by atoms with Crippen molar-refractivity contribution in [2.24, 2.45) is 5.73 Å². The summed E-state index contributed by atoms with van der Waals surface area (Å²) >= 11 is 0. The average Bonchev–Trinajstić information content (AvgIpc) is 2.47. The van der Waals surface area contributed by atoms with E-state index in [-0.39, 0.29) is 5.91 Å². The Morgan fingerprint density at radius 2 is 1.70 bits per heavy atom. The third-order valence-electron chi connectivity index (χ3n) is 3.20. The standard InChI is InChI=1S/C17H20N2O/c1-14-7-9-16(10-8-14)19(12-11-18)17(20)13-15-5-3-2-4-6-15/h2-10H,11-13,18H2,1H3. The van der Waals surface area contributed by atoms with E-state index in [1.807, 2.05) is 61.5 Å². The fourth-order valence-corrected chi connectivity index (χ4v) is 2.12. The molecule has 20 heavy (non-hydrogen) atoms. The minimum atomic E-state index is 0.0745. The summed E-state index contributed by atoms with van der Waals surface area (Å²) in [5, 5.41) is 0. The lowest BCUT2D eigenvalue weighted by molar-refractivity contribution is -0.118. The molecule has 0 aromatic heterocycles. The maximum Gasteiger partial charge on any atom is 0.231 e. The van der Waals surface area contributed by atoms with Gasteiger partial charge in [-0.1, -0.05) is 48.0 Å². The van der Waals surface area contributed by atoms with E-state index in [2.05, 4.69) is 0 Å². The highest BCUT2D eigenvalue weighted by Gasteiger charge is 2.15. The van der Waals surface area contributed by atoms with Crippen LogP contribution in [0.4, 0.5) is 5.69 Å². The SMILES string of the molecule is Cc1ccc(N(CCN)C(=O)Cc2ccccc2)cc1. The normalized spacial score (nSPS) is 10.3. The summed E-state index contributed by atoms with van der Waals surface area (Å²) in [6, 6.07) is 17.7. The van der Waals surface area contributed by atoms with E-state index in [0.717, 1.165) is 11.3 Å². The lowest BCUT2D eigenvalue weighted by atomic mass is 10.1. The van der Waals surface area contributed by atoms with Crippen LogP contribution in [-0.2, 0) is 11.2 Å². The zero-order chi connectivity index (χ0) is 14.4. The summed E-state index contributed by atoms with van der Waals surface area (Å²) in [5.41, 5.74) is 8.74. The van der Waals surface area contributed by atoms with Gasteiger partial charge in [0, 0.05) is 18.8 Å². The first-order valence-electron chi connectivity index (χ1n) is 6.81. The molecule has 0 aliphatic rings. The third kappa shape index (κ3) is 3.68. The van der Waals surface area contributed by atoms with Crippen LogP contribution in [0.15, 0.2) is 54.6 Å². The molecule has 3 heteroatoms. The zero-order valence-electron chi connectivity index (χ0n) is 11.8. The van der Waals surface area contributed by atoms with E-state index < -0.39 is 0 Å². The van der Waals surface area contributed by atoms with Crippen LogP contribution in [0.25, 0.3) is 0 Å². The van der Waals surface area contributed by atoms with Gasteiger partial charge in [0.15, 0.2) is 0 Å². The first-order valence-corrected chi connectivity index (χ1v) is 6.81. The minimum Gasteiger partial charge on any atom is -0.329 e. The van der Waals surface area contributed by atoms with Crippen LogP contribution in [-0.4, -0.2) is 19.0 Å². The van der Waals surface area contributed by atoms with Crippen LogP contribution in [0.3, 0.4) is 0 Å². The predicted molar refractivity (Wildman–Crippen MR) is 82.7 cm³/mol. The van der Waals surface area contributed by atoms with E-state index in [1.165, 1.54) is 5.56 Å². The molecule has 0 spiro atoms. The molecule has 0 aliphatic carbocycles. The molecule has 0 saturated carbocycles. The summed E-state index contributed by atoms with van der Waals surface area (Å²) in [4.78, 5) is 14.2. The Kier molecular flexibility index (Phi) is 4.91. The van der Waals surface area contributed by atoms with E-state index in [4.69, 9.17) is 5.73 Å². The molecule has 0 saturated heterocycles. The number of anilines is 1. The van der Waals surface area contributed by atoms with Crippen molar-refractivity contribution in [3.05, 3.63) is 65.7 Å². The number of hydrogen-bond donors (Lipinski definition) is 1. The monoisotopic (exact) mass is 268 g/mol. The Labute approximate surface area is 120 Å². The molecule has 104 valence electrons. The molecular weight excluding hydrogens is 248 g/mol. The van der Waals surface area contributed by atoms with Crippen molar-refractivity contribution < 1.29 is 4.79 Å². The molecular formula is C17H20N2O. The van der Waals surface area contributed by atoms with Crippen molar-refractivity contribution in [2.45, 2.75) is 13.3 Å². The van der Waals surface area contributed by atoms with E-state index >= 15 is 0 Å². The van der Waals surface area contributed by atoms with E-state index in [1.54, 1.807) is 4.90 Å². The quantitative estimate of drug-likeness (QED) is 0.905. The fourth-order valence-electron chi connectivity index (χ4n) is 2.12. The predicted octanol–water partition coefficient (Wildman–Crippen LogP) is 2.53. The molecule has 0 aliphatic heterocycles. The maximum absolute atomic E-state index is 12.5. The molecule has 0 atom stereocenters. The lowest BCUT2D eigenvalue weighted by Gasteiger charge is -2.22. The Hall–Kier alpha value is -2.13. The number of nitrogens with two attached hydrogens (primary N) is 1. The fraction of sp³-hybridized carbons (Fsp3) is 0.235. The van der Waals surface area contributed by atoms with Gasteiger partial charge in [0.25, 0.3) is 0 Å². The van der Waals surface area contributed by atoms with Gasteiger partial charge in [0.1, 0.15) is 0 Å². The van der Waals surface area contributed by atoms with Crippen molar-refractivity contribution in [3.63, 3.8) is 0 Å². The summed E-state index contributed by atoms with van der Waals surface area (Å²) in [7, 11) is 0. The van der Waals surface area contributed by atoms with E-state index in [9.17, 15) is 4.79 Å². The van der Waals surface area contributed by atoms with Crippen molar-refractivity contribution in [2.75, 3.05) is 18.0 Å². The average molecular weight is 268 g/mol. The molecule has 2 aromatic carbocycles. The molecule has 0 bridgehead atoms. The third-order valence-corrected chi connectivity index (χ3v) is 3.20. The number of carbonyl (C=O) groups excluding carboxylic acids is 1. The topological polar surface area (TPSA) is 46.3 Å². The van der Waals surface area contributed by atoms with Crippen LogP contribution in [0.1, 0.15) is 11.1 Å². The molecule has 2 aromatic rings. The molecule has 0 heterocycles. The van der Waals surface area contributed by atoms with Crippen LogP contribution in [0.2, 0.25) is 0 Å². The zero-order valence-corrected chi connectivity index (χ0v) is 11.8. The van der Waals surface area contributed by atoms with Gasteiger partial charge in [-0.2, -0.15) is 0 Å². The van der Waals surface area contributed by atoms with Crippen LogP contribution in [0, 0.1) is 6.92 Å². The molecule has 2 N–H and O–H groups in total. The largest absolute Gasteiger partial charge is 0.329 e. The van der Waals surface area contributed by atoms with Crippen LogP contribution < -0.4 is 10.6 Å². The highest BCUT2D eigenvalue weighted by atomic mass is 16.2. The van der Waals surface area contributed by atoms with Gasteiger partial charge < -0.3 is 10.6 Å². The van der Waals surface area contributed by atoms with Gasteiger partial charge in [-0.15, -0.1) is 0 Å². The second-order valence-electron chi connectivity index (χ2n) is 4.83. The summed E-state index contributed by atoms with van der Waals surface area (Å²) in [5.74, 6) is 0.0745. The second kappa shape index (κ2) is 6.87. The number of hydrogen-bond acceptors (Lipinski definition) is 2. The first kappa shape index (κ1) is 14.3. The molecule has 0 radical (unpaired) electrons. The van der Waals surface area contributed by atoms with Gasteiger partial charge in [-0.25, -0.2) is 0 Å². The molecule has 2 rings (SSSR count). The summed E-state index contributed by atoms with van der Waals surface area (Å²) in [6.07, 6.45) is 0.398. The first-order chi connectivity index (χ1) is 9.70. The Morgan fingerprint density at radius 3 is 2.30 bits per heavy atom. The number of amides is 1. The van der Waals surface area contributed by atoms with Gasteiger partial charge >= 0.3 is 0 Å². The Bertz CT molecular complexity index is 549. The molecule has 3 nitrogen and oxygen atoms in total. The number of benzene rings is 2. The minimum absolute atomic E-state index is 0.0745. The lowest BCUT2D eigenvalue weighted by Crippen LogP contribution is -2.36. The van der Waals surface area contributed by atoms with Crippen LogP contribution in [0.5, 0.6) is 0 Å². The van der Waals surface area contributed by atoms with E-state index in [0.29, 0.717) is 19.5 Å². The second-order valence-corrected chi connectivity index (χ2v) is 4.83. The van der Waals surface area contributed by atoms with Crippen molar-refractivity contribution in [3.8, 4) is 0 Å². The smallest absolute Gasteiger partial charge is 0.231 e. The number of nitrogens with zero attached hydrogens (tertiary/aromatic N) is 1. The summed E-state index contributed by atoms with van der Waals surface area (Å²) < 4.78 is 0. The number of carbonyl (C=O) groups is 1. The molecule has 1 amide bonds. The van der Waals surface area contributed by atoms with Gasteiger partial charge in [0.05, 0.1) is 6.42 Å². The van der Waals surface area contributed by atoms with Crippen molar-refractivity contribution in [1.82, 2.24) is 0 Å².